The molecule has 0 fully saturated rings. The molecule has 0 saturated carbocycles. The second-order valence-corrected chi connectivity index (χ2v) is 7.32. The molecule has 6 heteroatoms. The largest absolute Gasteiger partial charge is 0.264 e. The van der Waals surface area contributed by atoms with Crippen LogP contribution in [-0.4, -0.2) is 29.5 Å². The molecule has 21 heavy (non-hydrogen) atoms. The monoisotopic (exact) mass is 309 g/mol. The lowest BCUT2D eigenvalue weighted by atomic mass is 9.97. The summed E-state index contributed by atoms with van der Waals surface area (Å²) in [6.07, 6.45) is 3.64. The Kier molecular flexibility index (Phi) is 6.31. The molecule has 0 saturated heterocycles. The van der Waals surface area contributed by atoms with E-state index in [-0.39, 0.29) is 18.4 Å². The fourth-order valence-electron chi connectivity index (χ4n) is 2.50. The maximum absolute atomic E-state index is 12.7. The van der Waals surface area contributed by atoms with Gasteiger partial charge in [0.15, 0.2) is 5.25 Å². The standard InChI is InChI=1S/C15H23N3O2S/c1-5-14(10-16)21(19,20)18(6-2)15(12(3)4)13-8-7-9-17-11-13/h7-9,11-12,14-15H,5-6H2,1-4H3/t14-,15+/m0/s1. The van der Waals surface area contributed by atoms with E-state index < -0.39 is 15.3 Å². The highest BCUT2D eigenvalue weighted by atomic mass is 32.2. The highest BCUT2D eigenvalue weighted by molar-refractivity contribution is 7.90. The van der Waals surface area contributed by atoms with E-state index in [4.69, 9.17) is 5.26 Å². The van der Waals surface area contributed by atoms with Crippen molar-refractivity contribution in [2.75, 3.05) is 6.54 Å². The quantitative estimate of drug-likeness (QED) is 0.776. The molecule has 116 valence electrons. The summed E-state index contributed by atoms with van der Waals surface area (Å²) in [5.41, 5.74) is 0.853. The summed E-state index contributed by atoms with van der Waals surface area (Å²) < 4.78 is 26.9. The van der Waals surface area contributed by atoms with Crippen LogP contribution in [-0.2, 0) is 10.0 Å². The smallest absolute Gasteiger partial charge is 0.231 e. The number of hydrogen-bond acceptors (Lipinski definition) is 4. The third kappa shape index (κ3) is 3.80. The molecule has 2 atom stereocenters. The Morgan fingerprint density at radius 1 is 1.38 bits per heavy atom. The van der Waals surface area contributed by atoms with Gasteiger partial charge in [-0.3, -0.25) is 4.98 Å². The maximum atomic E-state index is 12.7. The Morgan fingerprint density at radius 3 is 2.43 bits per heavy atom. The lowest BCUT2D eigenvalue weighted by Crippen LogP contribution is -2.42. The minimum Gasteiger partial charge on any atom is -0.264 e. The van der Waals surface area contributed by atoms with Crippen molar-refractivity contribution in [3.05, 3.63) is 30.1 Å². The molecule has 1 aromatic rings. The molecule has 0 aliphatic rings. The molecule has 0 amide bonds. The Hall–Kier alpha value is -1.45. The van der Waals surface area contributed by atoms with Gasteiger partial charge in [-0.15, -0.1) is 0 Å². The van der Waals surface area contributed by atoms with Gasteiger partial charge in [0.05, 0.1) is 12.1 Å². The number of nitrogens with zero attached hydrogens (tertiary/aromatic N) is 3. The zero-order valence-electron chi connectivity index (χ0n) is 13.0. The molecular formula is C15H23N3O2S. The van der Waals surface area contributed by atoms with Crippen molar-refractivity contribution in [3.8, 4) is 6.07 Å². The second-order valence-electron chi connectivity index (χ2n) is 5.25. The van der Waals surface area contributed by atoms with Crippen molar-refractivity contribution < 1.29 is 8.42 Å². The molecule has 0 unspecified atom stereocenters. The van der Waals surface area contributed by atoms with Crippen molar-refractivity contribution in [3.63, 3.8) is 0 Å². The van der Waals surface area contributed by atoms with Crippen LogP contribution in [0, 0.1) is 17.2 Å². The van der Waals surface area contributed by atoms with Crippen LogP contribution >= 0.6 is 0 Å². The molecule has 0 aliphatic carbocycles. The van der Waals surface area contributed by atoms with Crippen LogP contribution < -0.4 is 0 Å². The number of sulfonamides is 1. The van der Waals surface area contributed by atoms with E-state index >= 15 is 0 Å². The molecule has 0 spiro atoms. The van der Waals surface area contributed by atoms with Gasteiger partial charge in [0.2, 0.25) is 10.0 Å². The van der Waals surface area contributed by atoms with Crippen molar-refractivity contribution in [2.24, 2.45) is 5.92 Å². The number of pyridine rings is 1. The van der Waals surface area contributed by atoms with Crippen LogP contribution in [0.4, 0.5) is 0 Å². The van der Waals surface area contributed by atoms with E-state index in [0.29, 0.717) is 6.54 Å². The van der Waals surface area contributed by atoms with E-state index in [9.17, 15) is 8.42 Å². The zero-order chi connectivity index (χ0) is 16.0. The molecule has 0 radical (unpaired) electrons. The van der Waals surface area contributed by atoms with Gasteiger partial charge in [0.1, 0.15) is 0 Å². The van der Waals surface area contributed by atoms with Crippen molar-refractivity contribution in [1.82, 2.24) is 9.29 Å². The van der Waals surface area contributed by atoms with Crippen molar-refractivity contribution in [2.45, 2.75) is 45.4 Å². The van der Waals surface area contributed by atoms with Crippen molar-refractivity contribution >= 4 is 10.0 Å². The van der Waals surface area contributed by atoms with Crippen LogP contribution in [0.2, 0.25) is 0 Å². The minimum atomic E-state index is -3.66. The zero-order valence-corrected chi connectivity index (χ0v) is 13.8. The Morgan fingerprint density at radius 2 is 2.05 bits per heavy atom. The Bertz CT molecular complexity index is 579. The third-order valence-electron chi connectivity index (χ3n) is 3.48. The first-order chi connectivity index (χ1) is 9.89. The Labute approximate surface area is 127 Å². The van der Waals surface area contributed by atoms with Gasteiger partial charge in [-0.05, 0) is 24.0 Å². The minimum absolute atomic E-state index is 0.0834. The van der Waals surface area contributed by atoms with Gasteiger partial charge in [0.25, 0.3) is 0 Å². The molecule has 1 rings (SSSR count). The molecule has 0 bridgehead atoms. The van der Waals surface area contributed by atoms with Gasteiger partial charge < -0.3 is 0 Å². The van der Waals surface area contributed by atoms with E-state index in [0.717, 1.165) is 5.56 Å². The predicted octanol–water partition coefficient (Wildman–Crippen LogP) is 2.73. The van der Waals surface area contributed by atoms with E-state index in [1.165, 1.54) is 4.31 Å². The lowest BCUT2D eigenvalue weighted by molar-refractivity contribution is 0.269. The lowest BCUT2D eigenvalue weighted by Gasteiger charge is -2.34. The fourth-order valence-corrected chi connectivity index (χ4v) is 4.42. The van der Waals surface area contributed by atoms with Crippen LogP contribution in [0.5, 0.6) is 0 Å². The highest BCUT2D eigenvalue weighted by Crippen LogP contribution is 2.32. The van der Waals surface area contributed by atoms with Gasteiger partial charge in [-0.1, -0.05) is 33.8 Å². The maximum Gasteiger partial charge on any atom is 0.231 e. The first-order valence-electron chi connectivity index (χ1n) is 7.20. The van der Waals surface area contributed by atoms with Gasteiger partial charge in [0, 0.05) is 18.9 Å². The number of rotatable bonds is 7. The fraction of sp³-hybridized carbons (Fsp3) is 0.600. The molecule has 0 aromatic carbocycles. The van der Waals surface area contributed by atoms with Crippen LogP contribution in [0.1, 0.15) is 45.7 Å². The van der Waals surface area contributed by atoms with Gasteiger partial charge in [-0.2, -0.15) is 9.57 Å². The molecule has 1 heterocycles. The third-order valence-corrected chi connectivity index (χ3v) is 5.78. The normalized spacial score (nSPS) is 14.9. The SMILES string of the molecule is CC[C@@H](C#N)S(=O)(=O)N(CC)[C@@H](c1cccnc1)C(C)C. The molecule has 0 N–H and O–H groups in total. The number of nitriles is 1. The summed E-state index contributed by atoms with van der Waals surface area (Å²) in [4.78, 5) is 4.09. The Balaban J connectivity index is 3.31. The number of hydrogen-bond donors (Lipinski definition) is 0. The second kappa shape index (κ2) is 7.53. The molecule has 0 aliphatic heterocycles. The average Bonchev–Trinajstić information content (AvgIpc) is 2.45. The van der Waals surface area contributed by atoms with Crippen LogP contribution in [0.3, 0.4) is 0 Å². The first-order valence-corrected chi connectivity index (χ1v) is 8.70. The predicted molar refractivity (Wildman–Crippen MR) is 82.8 cm³/mol. The summed E-state index contributed by atoms with van der Waals surface area (Å²) in [7, 11) is -3.66. The summed E-state index contributed by atoms with van der Waals surface area (Å²) in [6.45, 7) is 7.80. The van der Waals surface area contributed by atoms with Gasteiger partial charge >= 0.3 is 0 Å². The van der Waals surface area contributed by atoms with Crippen LogP contribution in [0.15, 0.2) is 24.5 Å². The van der Waals surface area contributed by atoms with E-state index in [1.54, 1.807) is 32.3 Å². The van der Waals surface area contributed by atoms with Crippen LogP contribution in [0.25, 0.3) is 0 Å². The molecular weight excluding hydrogens is 286 g/mol. The molecule has 1 aromatic heterocycles. The van der Waals surface area contributed by atoms with Crippen molar-refractivity contribution in [1.29, 1.82) is 5.26 Å². The topological polar surface area (TPSA) is 74.1 Å². The summed E-state index contributed by atoms with van der Waals surface area (Å²) in [5, 5.41) is 8.12. The number of aromatic nitrogens is 1. The average molecular weight is 309 g/mol. The van der Waals surface area contributed by atoms with E-state index in [1.807, 2.05) is 26.0 Å². The van der Waals surface area contributed by atoms with E-state index in [2.05, 4.69) is 4.98 Å². The first kappa shape index (κ1) is 17.6. The summed E-state index contributed by atoms with van der Waals surface area (Å²) in [5.74, 6) is 0.0834. The highest BCUT2D eigenvalue weighted by Gasteiger charge is 2.36. The molecule has 5 nitrogen and oxygen atoms in total. The summed E-state index contributed by atoms with van der Waals surface area (Å²) >= 11 is 0. The van der Waals surface area contributed by atoms with Gasteiger partial charge in [-0.25, -0.2) is 8.42 Å². The summed E-state index contributed by atoms with van der Waals surface area (Å²) in [6, 6.07) is 5.27.